The van der Waals surface area contributed by atoms with E-state index in [2.05, 4.69) is 40.3 Å². The summed E-state index contributed by atoms with van der Waals surface area (Å²) < 4.78 is 1.68. The molecule has 30 heavy (non-hydrogen) atoms. The molecule has 158 valence electrons. The van der Waals surface area contributed by atoms with Crippen LogP contribution in [-0.4, -0.2) is 62.5 Å². The van der Waals surface area contributed by atoms with Crippen LogP contribution >= 0.6 is 0 Å². The van der Waals surface area contributed by atoms with Crippen molar-refractivity contribution in [3.8, 4) is 0 Å². The predicted octanol–water partition coefficient (Wildman–Crippen LogP) is 2.01. The van der Waals surface area contributed by atoms with Gasteiger partial charge in [-0.1, -0.05) is 19.2 Å². The highest BCUT2D eigenvalue weighted by atomic mass is 16.2. The van der Waals surface area contributed by atoms with Gasteiger partial charge in [-0.25, -0.2) is 4.98 Å². The molecule has 0 spiro atoms. The van der Waals surface area contributed by atoms with Crippen LogP contribution in [0.5, 0.6) is 0 Å². The SMILES string of the molecule is C=CC(=O)N1CCN(CCn2c(=O)ccc3cnc(N/C(C=C)=C/C)nc32)C(C)C1. The molecule has 2 aromatic heterocycles. The van der Waals surface area contributed by atoms with Gasteiger partial charge in [0.05, 0.1) is 0 Å². The number of carbonyl (C=O) groups excluding carboxylic acids is 1. The van der Waals surface area contributed by atoms with Gasteiger partial charge >= 0.3 is 0 Å². The maximum absolute atomic E-state index is 12.6. The van der Waals surface area contributed by atoms with Gasteiger partial charge in [-0.2, -0.15) is 4.98 Å². The Kier molecular flexibility index (Phi) is 6.79. The zero-order chi connectivity index (χ0) is 21.7. The van der Waals surface area contributed by atoms with Crippen molar-refractivity contribution in [2.24, 2.45) is 0 Å². The van der Waals surface area contributed by atoms with Crippen molar-refractivity contribution in [1.82, 2.24) is 24.3 Å². The maximum Gasteiger partial charge on any atom is 0.252 e. The van der Waals surface area contributed by atoms with E-state index in [1.165, 1.54) is 6.08 Å². The van der Waals surface area contributed by atoms with Crippen LogP contribution in [0.2, 0.25) is 0 Å². The van der Waals surface area contributed by atoms with Gasteiger partial charge in [-0.05, 0) is 32.1 Å². The molecule has 3 rings (SSSR count). The molecule has 1 fully saturated rings. The molecule has 0 aliphatic carbocycles. The second-order valence-corrected chi connectivity index (χ2v) is 7.24. The van der Waals surface area contributed by atoms with Gasteiger partial charge in [-0.3, -0.25) is 19.1 Å². The molecule has 1 atom stereocenters. The van der Waals surface area contributed by atoms with Gasteiger partial charge in [0.2, 0.25) is 11.9 Å². The number of amides is 1. The Hall–Kier alpha value is -3.26. The fraction of sp³-hybridized carbons (Fsp3) is 0.364. The maximum atomic E-state index is 12.6. The first kappa shape index (κ1) is 21.4. The highest BCUT2D eigenvalue weighted by molar-refractivity contribution is 5.87. The average Bonchev–Trinajstić information content (AvgIpc) is 2.76. The molecule has 1 aliphatic rings. The van der Waals surface area contributed by atoms with Crippen LogP contribution in [0.4, 0.5) is 5.95 Å². The fourth-order valence-electron chi connectivity index (χ4n) is 3.60. The van der Waals surface area contributed by atoms with Crippen molar-refractivity contribution in [2.45, 2.75) is 26.4 Å². The predicted molar refractivity (Wildman–Crippen MR) is 119 cm³/mol. The van der Waals surface area contributed by atoms with Crippen molar-refractivity contribution >= 4 is 22.9 Å². The van der Waals surface area contributed by atoms with E-state index in [0.717, 1.165) is 17.6 Å². The van der Waals surface area contributed by atoms with Crippen molar-refractivity contribution < 1.29 is 4.79 Å². The number of nitrogens with zero attached hydrogens (tertiary/aromatic N) is 5. The fourth-order valence-corrected chi connectivity index (χ4v) is 3.60. The largest absolute Gasteiger partial charge is 0.336 e. The molecule has 8 heteroatoms. The van der Waals surface area contributed by atoms with Crippen LogP contribution in [0.3, 0.4) is 0 Å². The quantitative estimate of drug-likeness (QED) is 0.557. The monoisotopic (exact) mass is 408 g/mol. The zero-order valence-electron chi connectivity index (χ0n) is 17.5. The van der Waals surface area contributed by atoms with Gasteiger partial charge in [0.1, 0.15) is 5.65 Å². The second-order valence-electron chi connectivity index (χ2n) is 7.24. The number of anilines is 1. The topological polar surface area (TPSA) is 83.4 Å². The molecule has 0 aromatic carbocycles. The lowest BCUT2D eigenvalue weighted by Crippen LogP contribution is -2.54. The Morgan fingerprint density at radius 1 is 1.27 bits per heavy atom. The zero-order valence-corrected chi connectivity index (χ0v) is 17.5. The van der Waals surface area contributed by atoms with Crippen LogP contribution in [0.15, 0.2) is 60.2 Å². The van der Waals surface area contributed by atoms with Gasteiger partial charge < -0.3 is 10.2 Å². The number of fused-ring (bicyclic) bond motifs is 1. The van der Waals surface area contributed by atoms with Gasteiger partial charge in [0.25, 0.3) is 5.56 Å². The minimum atomic E-state index is -0.102. The lowest BCUT2D eigenvalue weighted by atomic mass is 10.2. The van der Waals surface area contributed by atoms with E-state index in [9.17, 15) is 9.59 Å². The number of carbonyl (C=O) groups is 1. The highest BCUT2D eigenvalue weighted by Crippen LogP contribution is 2.14. The van der Waals surface area contributed by atoms with Crippen LogP contribution in [0.1, 0.15) is 13.8 Å². The lowest BCUT2D eigenvalue weighted by molar-refractivity contribution is -0.128. The normalized spacial score (nSPS) is 17.7. The highest BCUT2D eigenvalue weighted by Gasteiger charge is 2.25. The van der Waals surface area contributed by atoms with Crippen LogP contribution in [0, 0.1) is 0 Å². The summed E-state index contributed by atoms with van der Waals surface area (Å²) >= 11 is 0. The smallest absolute Gasteiger partial charge is 0.252 e. The first-order chi connectivity index (χ1) is 14.5. The van der Waals surface area contributed by atoms with E-state index in [-0.39, 0.29) is 17.5 Å². The third-order valence-corrected chi connectivity index (χ3v) is 5.37. The molecule has 0 bridgehead atoms. The molecule has 1 amide bonds. The first-order valence-electron chi connectivity index (χ1n) is 10.0. The average molecular weight is 409 g/mol. The van der Waals surface area contributed by atoms with Crippen LogP contribution < -0.4 is 10.9 Å². The molecule has 1 saturated heterocycles. The summed E-state index contributed by atoms with van der Waals surface area (Å²) in [5, 5.41) is 3.90. The molecule has 2 aromatic rings. The standard InChI is InChI=1S/C22H28N6O2/c1-5-18(6-2)24-22-23-14-17-8-9-20(30)28(21(17)25-22)13-12-26-10-11-27(15-16(26)4)19(29)7-3/h5-9,14,16H,1,3,10-13,15H2,2,4H3,(H,23,24,25)/b18-6+. The Labute approximate surface area is 176 Å². The van der Waals surface area contributed by atoms with Crippen molar-refractivity contribution in [3.05, 3.63) is 65.8 Å². The Morgan fingerprint density at radius 3 is 2.73 bits per heavy atom. The minimum Gasteiger partial charge on any atom is -0.336 e. The van der Waals surface area contributed by atoms with Gasteiger partial charge in [-0.15, -0.1) is 0 Å². The number of nitrogens with one attached hydrogen (secondary N) is 1. The van der Waals surface area contributed by atoms with Crippen LogP contribution in [-0.2, 0) is 11.3 Å². The lowest BCUT2D eigenvalue weighted by Gasteiger charge is -2.39. The molecule has 8 nitrogen and oxygen atoms in total. The third kappa shape index (κ3) is 4.65. The van der Waals surface area contributed by atoms with Crippen LogP contribution in [0.25, 0.3) is 11.0 Å². The minimum absolute atomic E-state index is 0.0384. The van der Waals surface area contributed by atoms with E-state index in [0.29, 0.717) is 37.8 Å². The van der Waals surface area contributed by atoms with Crippen molar-refractivity contribution in [1.29, 1.82) is 0 Å². The summed E-state index contributed by atoms with van der Waals surface area (Å²) in [5.41, 5.74) is 1.28. The number of hydrogen-bond acceptors (Lipinski definition) is 6. The summed E-state index contributed by atoms with van der Waals surface area (Å²) in [7, 11) is 0. The van der Waals surface area contributed by atoms with E-state index < -0.39 is 0 Å². The van der Waals surface area contributed by atoms with Crippen molar-refractivity contribution in [2.75, 3.05) is 31.5 Å². The van der Waals surface area contributed by atoms with E-state index in [1.807, 2.05) is 17.9 Å². The van der Waals surface area contributed by atoms with E-state index in [4.69, 9.17) is 0 Å². The van der Waals surface area contributed by atoms with E-state index in [1.54, 1.807) is 29.0 Å². The van der Waals surface area contributed by atoms with Gasteiger partial charge in [0, 0.05) is 62.1 Å². The second kappa shape index (κ2) is 9.49. The number of rotatable bonds is 7. The summed E-state index contributed by atoms with van der Waals surface area (Å²) in [6.45, 7) is 14.6. The molecule has 0 radical (unpaired) electrons. The molecule has 3 heterocycles. The first-order valence-corrected chi connectivity index (χ1v) is 10.0. The summed E-state index contributed by atoms with van der Waals surface area (Å²) in [6.07, 6.45) is 6.62. The molecule has 1 N–H and O–H groups in total. The number of piperazine rings is 1. The summed E-state index contributed by atoms with van der Waals surface area (Å²) in [6, 6.07) is 3.49. The molecular formula is C22H28N6O2. The van der Waals surface area contributed by atoms with Gasteiger partial charge in [0.15, 0.2) is 0 Å². The summed E-state index contributed by atoms with van der Waals surface area (Å²) in [4.78, 5) is 37.4. The molecule has 0 saturated carbocycles. The Morgan fingerprint density at radius 2 is 2.07 bits per heavy atom. The third-order valence-electron chi connectivity index (χ3n) is 5.37. The number of pyridine rings is 1. The molecular weight excluding hydrogens is 380 g/mol. The number of hydrogen-bond donors (Lipinski definition) is 1. The van der Waals surface area contributed by atoms with Crippen molar-refractivity contribution in [3.63, 3.8) is 0 Å². The molecule has 1 unspecified atom stereocenters. The summed E-state index contributed by atoms with van der Waals surface area (Å²) in [5.74, 6) is 0.378. The van der Waals surface area contributed by atoms with E-state index >= 15 is 0 Å². The molecule has 1 aliphatic heterocycles. The Bertz CT molecular complexity index is 1040. The number of allylic oxidation sites excluding steroid dienone is 2. The number of aromatic nitrogens is 3. The Balaban J connectivity index is 1.79.